The fraction of sp³-hybridized carbons (Fsp3) is 0.651. The highest BCUT2D eigenvalue weighted by Gasteiger charge is 2.56. The van der Waals surface area contributed by atoms with Gasteiger partial charge in [-0.05, 0) is 104 Å². The second-order valence-electron chi connectivity index (χ2n) is 18.5. The Bertz CT molecular complexity index is 2170. The standard InChI is InChI=1S/C43H60ClN5O7S2/c1-30-8-6-16-43(55-4,28-46-18-19-47-20-21-49(57(5,51)52)25-35(47)24-46)39-14-17-41(39,3)26-48-27-42(15-7-9-32-22-34(44)11-12-36(32)42)29-56-38-13-10-33(23-37(38)48)40(50)45-58(53,54)31(30)2/h6,10-13,16,22-23,30-31,35,39H,7-9,14-15,17-21,24-29H2,1-5H3,(H,45,50)/b16-6+/t30-,31+,35-,39+,41?,42-,43+/m0/s1. The van der Waals surface area contributed by atoms with Crippen molar-refractivity contribution in [3.63, 3.8) is 0 Å². The second-order valence-corrected chi connectivity index (χ2v) is 23.0. The summed E-state index contributed by atoms with van der Waals surface area (Å²) in [6.45, 7) is 12.5. The van der Waals surface area contributed by atoms with Crippen LogP contribution in [0.1, 0.15) is 74.4 Å². The molecule has 1 unspecified atom stereocenters. The number of benzene rings is 2. The number of carbonyl (C=O) groups excluding carboxylic acids is 1. The smallest absolute Gasteiger partial charge is 0.264 e. The molecule has 2 aromatic rings. The molecule has 4 heterocycles. The number of nitrogens with one attached hydrogen (secondary N) is 1. The predicted molar refractivity (Wildman–Crippen MR) is 228 cm³/mol. The second kappa shape index (κ2) is 15.6. The molecule has 12 nitrogen and oxygen atoms in total. The Hall–Kier alpha value is -2.72. The van der Waals surface area contributed by atoms with Gasteiger partial charge >= 0.3 is 0 Å². The maximum absolute atomic E-state index is 13.8. The molecule has 318 valence electrons. The molecule has 2 aromatic carbocycles. The van der Waals surface area contributed by atoms with Gasteiger partial charge < -0.3 is 14.4 Å². The van der Waals surface area contributed by atoms with E-state index in [0.717, 1.165) is 69.0 Å². The molecular formula is C43H60ClN5O7S2. The van der Waals surface area contributed by atoms with Crippen molar-refractivity contribution in [2.24, 2.45) is 17.3 Å². The van der Waals surface area contributed by atoms with E-state index in [1.165, 1.54) is 17.4 Å². The van der Waals surface area contributed by atoms with Crippen molar-refractivity contribution in [3.05, 3.63) is 70.3 Å². The Labute approximate surface area is 350 Å². The third kappa shape index (κ3) is 7.84. The number of amides is 1. The highest BCUT2D eigenvalue weighted by Crippen LogP contribution is 2.56. The molecule has 1 spiro atoms. The molecule has 2 saturated heterocycles. The summed E-state index contributed by atoms with van der Waals surface area (Å²) < 4.78 is 70.1. The summed E-state index contributed by atoms with van der Waals surface area (Å²) in [5, 5.41) is -0.114. The number of hydrogen-bond acceptors (Lipinski definition) is 10. The summed E-state index contributed by atoms with van der Waals surface area (Å²) in [5.41, 5.74) is 2.30. The van der Waals surface area contributed by atoms with Crippen molar-refractivity contribution in [1.82, 2.24) is 18.8 Å². The monoisotopic (exact) mass is 857 g/mol. The van der Waals surface area contributed by atoms with Gasteiger partial charge in [-0.1, -0.05) is 43.7 Å². The van der Waals surface area contributed by atoms with E-state index >= 15 is 0 Å². The first-order valence-electron chi connectivity index (χ1n) is 21.0. The molecule has 2 bridgehead atoms. The van der Waals surface area contributed by atoms with E-state index in [9.17, 15) is 21.6 Å². The fourth-order valence-electron chi connectivity index (χ4n) is 11.1. The lowest BCUT2D eigenvalue weighted by Crippen LogP contribution is -2.66. The van der Waals surface area contributed by atoms with E-state index in [1.807, 2.05) is 25.1 Å². The molecule has 1 N–H and O–H groups in total. The van der Waals surface area contributed by atoms with Crippen LogP contribution in [0.15, 0.2) is 48.6 Å². The van der Waals surface area contributed by atoms with Crippen LogP contribution in [-0.2, 0) is 36.6 Å². The van der Waals surface area contributed by atoms with Gasteiger partial charge in [0.05, 0.1) is 23.8 Å². The van der Waals surface area contributed by atoms with E-state index in [1.54, 1.807) is 24.4 Å². The number of sulfonamides is 2. The third-order valence-electron chi connectivity index (χ3n) is 14.8. The zero-order valence-electron chi connectivity index (χ0n) is 34.6. The van der Waals surface area contributed by atoms with Crippen molar-refractivity contribution in [1.29, 1.82) is 0 Å². The summed E-state index contributed by atoms with van der Waals surface area (Å²) >= 11 is 6.53. The van der Waals surface area contributed by atoms with Crippen LogP contribution >= 0.6 is 11.6 Å². The Morgan fingerprint density at radius 3 is 2.57 bits per heavy atom. The van der Waals surface area contributed by atoms with Crippen LogP contribution in [0.2, 0.25) is 5.02 Å². The number of piperazine rings is 2. The number of ether oxygens (including phenoxy) is 2. The summed E-state index contributed by atoms with van der Waals surface area (Å²) in [4.78, 5) is 21.0. The third-order valence-corrected chi connectivity index (χ3v) is 18.2. The largest absolute Gasteiger partial charge is 0.490 e. The van der Waals surface area contributed by atoms with Crippen LogP contribution in [0, 0.1) is 17.3 Å². The number of aryl methyl sites for hydroxylation is 1. The minimum atomic E-state index is -4.02. The maximum atomic E-state index is 13.8. The number of hydrogen-bond donors (Lipinski definition) is 1. The van der Waals surface area contributed by atoms with E-state index in [0.29, 0.717) is 51.5 Å². The van der Waals surface area contributed by atoms with Crippen LogP contribution < -0.4 is 14.4 Å². The quantitative estimate of drug-likeness (QED) is 0.424. The minimum Gasteiger partial charge on any atom is -0.490 e. The normalized spacial score (nSPS) is 35.3. The number of nitrogens with zero attached hydrogens (tertiary/aromatic N) is 4. The Kier molecular flexibility index (Phi) is 11.3. The van der Waals surface area contributed by atoms with E-state index in [-0.39, 0.29) is 34.3 Å². The van der Waals surface area contributed by atoms with Gasteiger partial charge in [-0.25, -0.2) is 21.6 Å². The Balaban J connectivity index is 1.19. The lowest BCUT2D eigenvalue weighted by atomic mass is 9.54. The van der Waals surface area contributed by atoms with Gasteiger partial charge in [-0.3, -0.25) is 14.6 Å². The summed E-state index contributed by atoms with van der Waals surface area (Å²) in [6.07, 6.45) is 10.9. The number of fused-ring (bicyclic) bond motifs is 5. The van der Waals surface area contributed by atoms with Gasteiger partial charge in [0.2, 0.25) is 20.0 Å². The molecule has 3 fully saturated rings. The van der Waals surface area contributed by atoms with Gasteiger partial charge in [0.1, 0.15) is 11.4 Å². The van der Waals surface area contributed by atoms with Crippen LogP contribution in [0.25, 0.3) is 0 Å². The van der Waals surface area contributed by atoms with Gasteiger partial charge in [-0.15, -0.1) is 0 Å². The number of rotatable bonds is 4. The van der Waals surface area contributed by atoms with Crippen molar-refractivity contribution in [2.45, 2.75) is 81.6 Å². The van der Waals surface area contributed by atoms with Crippen LogP contribution in [0.4, 0.5) is 5.69 Å². The zero-order valence-corrected chi connectivity index (χ0v) is 37.0. The van der Waals surface area contributed by atoms with E-state index in [4.69, 9.17) is 21.1 Å². The first-order chi connectivity index (χ1) is 27.4. The number of allylic oxidation sites excluding steroid dienone is 1. The fourth-order valence-corrected chi connectivity index (χ4v) is 13.4. The summed E-state index contributed by atoms with van der Waals surface area (Å²) in [6, 6.07) is 11.6. The van der Waals surface area contributed by atoms with Gasteiger partial charge in [0.15, 0.2) is 0 Å². The number of methoxy groups -OCH3 is 1. The Morgan fingerprint density at radius 1 is 1.03 bits per heavy atom. The van der Waals surface area contributed by atoms with Crippen LogP contribution in [0.3, 0.4) is 0 Å². The SMILES string of the molecule is CO[C@@]1(CN2CCN3CCN(S(C)(=O)=O)C[C@@H]3C2)/C=C/C[C@H](C)[C@@H](C)S(=O)(=O)NC(=O)c2ccc3c(c2)N(CC2(C)CC[C@H]21)C[C@@]1(CCCc2cc(Cl)ccc21)CO3. The van der Waals surface area contributed by atoms with Gasteiger partial charge in [-0.2, -0.15) is 4.31 Å². The maximum Gasteiger partial charge on any atom is 0.264 e. The van der Waals surface area contributed by atoms with E-state index in [2.05, 4.69) is 50.6 Å². The molecule has 58 heavy (non-hydrogen) atoms. The number of halogens is 1. The molecule has 1 amide bonds. The molecule has 1 saturated carbocycles. The molecule has 8 rings (SSSR count). The minimum absolute atomic E-state index is 0.0857. The van der Waals surface area contributed by atoms with Crippen molar-refractivity contribution in [2.75, 3.05) is 83.8 Å². The average molecular weight is 859 g/mol. The molecule has 4 aliphatic heterocycles. The molecule has 0 radical (unpaired) electrons. The first kappa shape index (κ1) is 42.0. The molecule has 7 atom stereocenters. The topological polar surface area (TPSA) is 129 Å². The van der Waals surface area contributed by atoms with E-state index < -0.39 is 36.8 Å². The summed E-state index contributed by atoms with van der Waals surface area (Å²) in [5.74, 6) is -0.156. The molecule has 15 heteroatoms. The highest BCUT2D eigenvalue weighted by molar-refractivity contribution is 7.90. The summed E-state index contributed by atoms with van der Waals surface area (Å²) in [7, 11) is -5.51. The van der Waals surface area contributed by atoms with Crippen molar-refractivity contribution < 1.29 is 31.1 Å². The highest BCUT2D eigenvalue weighted by atomic mass is 35.5. The average Bonchev–Trinajstić information content (AvgIpc) is 3.32. The number of anilines is 1. The van der Waals surface area contributed by atoms with Crippen molar-refractivity contribution in [3.8, 4) is 5.75 Å². The van der Waals surface area contributed by atoms with Crippen LogP contribution in [0.5, 0.6) is 5.75 Å². The van der Waals surface area contributed by atoms with Gasteiger partial charge in [0, 0.05) is 88.1 Å². The van der Waals surface area contributed by atoms with Gasteiger partial charge in [0.25, 0.3) is 5.91 Å². The zero-order chi connectivity index (χ0) is 41.3. The first-order valence-corrected chi connectivity index (χ1v) is 24.7. The lowest BCUT2D eigenvalue weighted by molar-refractivity contribution is -0.132. The molecule has 6 aliphatic rings. The number of carbonyl (C=O) groups is 1. The van der Waals surface area contributed by atoms with Crippen molar-refractivity contribution >= 4 is 43.2 Å². The molecule has 0 aromatic heterocycles. The Morgan fingerprint density at radius 2 is 1.83 bits per heavy atom. The van der Waals surface area contributed by atoms with Crippen LogP contribution in [-0.4, -0.2) is 133 Å². The lowest BCUT2D eigenvalue weighted by Gasteiger charge is -2.58. The molecule has 2 aliphatic carbocycles. The predicted octanol–water partition coefficient (Wildman–Crippen LogP) is 4.92. The molecular weight excluding hydrogens is 798 g/mol.